The second kappa shape index (κ2) is 4.58. The maximum atomic E-state index is 12.8. The molecule has 0 radical (unpaired) electrons. The van der Waals surface area contributed by atoms with Crippen molar-refractivity contribution in [2.24, 2.45) is 22.7 Å². The molecule has 0 saturated heterocycles. The van der Waals surface area contributed by atoms with Crippen LogP contribution in [0.5, 0.6) is 0 Å². The third kappa shape index (κ3) is 1.92. The van der Waals surface area contributed by atoms with Crippen molar-refractivity contribution in [2.45, 2.75) is 59.0 Å². The Labute approximate surface area is 114 Å². The quantitative estimate of drug-likeness (QED) is 0.805. The fourth-order valence-corrected chi connectivity index (χ4v) is 4.31. The summed E-state index contributed by atoms with van der Waals surface area (Å²) in [4.78, 5) is 23.7. The number of carbonyl (C=O) groups is 2. The van der Waals surface area contributed by atoms with Crippen LogP contribution < -0.4 is 0 Å². The van der Waals surface area contributed by atoms with Crippen molar-refractivity contribution in [1.82, 2.24) is 0 Å². The lowest BCUT2D eigenvalue weighted by Gasteiger charge is -2.57. The van der Waals surface area contributed by atoms with E-state index in [1.54, 1.807) is 0 Å². The van der Waals surface area contributed by atoms with Crippen LogP contribution in [0, 0.1) is 22.7 Å². The maximum absolute atomic E-state index is 12.8. The van der Waals surface area contributed by atoms with Crippen molar-refractivity contribution in [3.63, 3.8) is 0 Å². The van der Waals surface area contributed by atoms with E-state index < -0.39 is 23.4 Å². The summed E-state index contributed by atoms with van der Waals surface area (Å²) in [6, 6.07) is 0. The minimum atomic E-state index is -1.55. The first-order valence-corrected chi connectivity index (χ1v) is 7.19. The first-order valence-electron chi connectivity index (χ1n) is 7.19. The number of carboxylic acids is 1. The van der Waals surface area contributed by atoms with Gasteiger partial charge >= 0.3 is 5.97 Å². The van der Waals surface area contributed by atoms with E-state index in [9.17, 15) is 14.7 Å². The van der Waals surface area contributed by atoms with Gasteiger partial charge in [0.1, 0.15) is 5.78 Å². The molecular weight excluding hydrogens is 244 g/mol. The summed E-state index contributed by atoms with van der Waals surface area (Å²) < 4.78 is 0. The van der Waals surface area contributed by atoms with E-state index in [4.69, 9.17) is 5.11 Å². The number of ketones is 1. The molecule has 0 aromatic heterocycles. The highest BCUT2D eigenvalue weighted by molar-refractivity contribution is 5.92. The number of fused-ring (bicyclic) bond motifs is 1. The van der Waals surface area contributed by atoms with Crippen molar-refractivity contribution in [2.75, 3.05) is 0 Å². The molecule has 0 heterocycles. The minimum absolute atomic E-state index is 0.0392. The number of carbonyl (C=O) groups excluding carboxylic acids is 1. The smallest absolute Gasteiger partial charge is 0.333 e. The van der Waals surface area contributed by atoms with Crippen LogP contribution in [0.25, 0.3) is 0 Å². The highest BCUT2D eigenvalue weighted by Gasteiger charge is 2.59. The highest BCUT2D eigenvalue weighted by Crippen LogP contribution is 2.60. The number of carboxylic acid groups (broad SMARTS) is 1. The van der Waals surface area contributed by atoms with E-state index in [2.05, 4.69) is 13.8 Å². The van der Waals surface area contributed by atoms with Crippen molar-refractivity contribution in [3.05, 3.63) is 0 Å². The average molecular weight is 268 g/mol. The Hall–Kier alpha value is -0.900. The van der Waals surface area contributed by atoms with Crippen LogP contribution in [-0.2, 0) is 9.59 Å². The lowest BCUT2D eigenvalue weighted by molar-refractivity contribution is -0.169. The Morgan fingerprint density at radius 2 is 1.95 bits per heavy atom. The number of aliphatic hydroxyl groups excluding tert-OH is 1. The summed E-state index contributed by atoms with van der Waals surface area (Å²) in [6.07, 6.45) is 2.72. The van der Waals surface area contributed by atoms with Gasteiger partial charge in [-0.3, -0.25) is 4.79 Å². The van der Waals surface area contributed by atoms with Gasteiger partial charge in [0.15, 0.2) is 6.10 Å². The second-order valence-corrected chi connectivity index (χ2v) is 6.84. The molecule has 0 aromatic carbocycles. The standard InChI is InChI=1S/C15H24O4/c1-9-5-4-7-15(3)12(17)10(11(16)13(18)19)6-8-14(9,15)2/h9-11,16H,4-8H2,1-3H3,(H,18,19). The van der Waals surface area contributed by atoms with Crippen LogP contribution in [0.15, 0.2) is 0 Å². The summed E-state index contributed by atoms with van der Waals surface area (Å²) in [5, 5.41) is 18.7. The molecule has 0 bridgehead atoms. The third-order valence-electron chi connectivity index (χ3n) is 6.15. The summed E-state index contributed by atoms with van der Waals surface area (Å²) in [5.41, 5.74) is -0.541. The Morgan fingerprint density at radius 3 is 2.53 bits per heavy atom. The fraction of sp³-hybridized carbons (Fsp3) is 0.867. The van der Waals surface area contributed by atoms with Crippen LogP contribution in [0.2, 0.25) is 0 Å². The minimum Gasteiger partial charge on any atom is -0.479 e. The molecule has 5 unspecified atom stereocenters. The van der Waals surface area contributed by atoms with Gasteiger partial charge in [-0.25, -0.2) is 4.79 Å². The van der Waals surface area contributed by atoms with E-state index in [-0.39, 0.29) is 11.2 Å². The second-order valence-electron chi connectivity index (χ2n) is 6.84. The summed E-state index contributed by atoms with van der Waals surface area (Å²) in [6.45, 7) is 6.34. The molecule has 0 aliphatic heterocycles. The Balaban J connectivity index is 2.33. The van der Waals surface area contributed by atoms with E-state index in [1.165, 1.54) is 0 Å². The lowest BCUT2D eigenvalue weighted by atomic mass is 9.46. The van der Waals surface area contributed by atoms with E-state index in [0.29, 0.717) is 12.3 Å². The van der Waals surface area contributed by atoms with Gasteiger partial charge in [-0.1, -0.05) is 33.6 Å². The zero-order valence-electron chi connectivity index (χ0n) is 12.0. The van der Waals surface area contributed by atoms with Crippen LogP contribution in [-0.4, -0.2) is 28.1 Å². The van der Waals surface area contributed by atoms with Crippen LogP contribution in [0.1, 0.15) is 52.9 Å². The van der Waals surface area contributed by atoms with Gasteiger partial charge in [-0.05, 0) is 30.6 Å². The molecular formula is C15H24O4. The maximum Gasteiger partial charge on any atom is 0.333 e. The van der Waals surface area contributed by atoms with Gasteiger partial charge < -0.3 is 10.2 Å². The molecule has 2 N–H and O–H groups in total. The number of hydrogen-bond donors (Lipinski definition) is 2. The van der Waals surface area contributed by atoms with E-state index in [1.807, 2.05) is 6.92 Å². The summed E-state index contributed by atoms with van der Waals surface area (Å²) in [7, 11) is 0. The van der Waals surface area contributed by atoms with E-state index >= 15 is 0 Å². The fourth-order valence-electron chi connectivity index (χ4n) is 4.31. The van der Waals surface area contributed by atoms with Crippen molar-refractivity contribution >= 4 is 11.8 Å². The molecule has 2 rings (SSSR count). The Bertz CT molecular complexity index is 405. The largest absolute Gasteiger partial charge is 0.479 e. The molecule has 0 aromatic rings. The van der Waals surface area contributed by atoms with Crippen molar-refractivity contribution < 1.29 is 19.8 Å². The number of aliphatic hydroxyl groups is 1. The van der Waals surface area contributed by atoms with Gasteiger partial charge in [0.25, 0.3) is 0 Å². The number of hydrogen-bond acceptors (Lipinski definition) is 3. The van der Waals surface area contributed by atoms with Gasteiger partial charge in [0.2, 0.25) is 0 Å². The Kier molecular flexibility index (Phi) is 3.50. The predicted molar refractivity (Wildman–Crippen MR) is 70.6 cm³/mol. The topological polar surface area (TPSA) is 74.6 Å². The van der Waals surface area contributed by atoms with Crippen molar-refractivity contribution in [3.8, 4) is 0 Å². The summed E-state index contributed by atoms with van der Waals surface area (Å²) >= 11 is 0. The van der Waals surface area contributed by atoms with Gasteiger partial charge in [0, 0.05) is 5.41 Å². The molecule has 2 fully saturated rings. The van der Waals surface area contributed by atoms with Crippen LogP contribution >= 0.6 is 0 Å². The predicted octanol–water partition coefficient (Wildman–Crippen LogP) is 2.24. The zero-order valence-corrected chi connectivity index (χ0v) is 12.0. The SMILES string of the molecule is CC1CCCC2(C)C(=O)C(C(O)C(=O)O)CCC12C. The molecule has 4 heteroatoms. The van der Waals surface area contributed by atoms with Crippen molar-refractivity contribution in [1.29, 1.82) is 0 Å². The zero-order chi connectivity index (χ0) is 14.4. The van der Waals surface area contributed by atoms with Gasteiger partial charge in [0.05, 0.1) is 5.92 Å². The number of aliphatic carboxylic acids is 1. The lowest BCUT2D eigenvalue weighted by Crippen LogP contribution is -2.58. The molecule has 2 aliphatic rings. The third-order valence-corrected chi connectivity index (χ3v) is 6.15. The molecule has 2 saturated carbocycles. The normalized spacial score (nSPS) is 44.5. The van der Waals surface area contributed by atoms with Crippen LogP contribution in [0.4, 0.5) is 0 Å². The van der Waals surface area contributed by atoms with Gasteiger partial charge in [-0.2, -0.15) is 0 Å². The highest BCUT2D eigenvalue weighted by atomic mass is 16.4. The first kappa shape index (κ1) is 14.5. The Morgan fingerprint density at radius 1 is 1.32 bits per heavy atom. The average Bonchev–Trinajstić information content (AvgIpc) is 2.34. The van der Waals surface area contributed by atoms with Crippen LogP contribution in [0.3, 0.4) is 0 Å². The number of Topliss-reactive ketones (excluding diaryl/α,β-unsaturated/α-hetero) is 1. The first-order chi connectivity index (χ1) is 8.74. The molecule has 5 atom stereocenters. The molecule has 4 nitrogen and oxygen atoms in total. The van der Waals surface area contributed by atoms with Gasteiger partial charge in [-0.15, -0.1) is 0 Å². The molecule has 0 spiro atoms. The monoisotopic (exact) mass is 268 g/mol. The van der Waals surface area contributed by atoms with E-state index in [0.717, 1.165) is 25.7 Å². The molecule has 2 aliphatic carbocycles. The molecule has 19 heavy (non-hydrogen) atoms. The number of rotatable bonds is 2. The summed E-state index contributed by atoms with van der Waals surface area (Å²) in [5.74, 6) is -1.59. The molecule has 0 amide bonds. The molecule has 108 valence electrons.